The zero-order valence-corrected chi connectivity index (χ0v) is 14.6. The van der Waals surface area contributed by atoms with Crippen molar-refractivity contribution in [3.05, 3.63) is 65.8 Å². The first kappa shape index (κ1) is 17.3. The molecule has 1 aromatic heterocycles. The summed E-state index contributed by atoms with van der Waals surface area (Å²) in [4.78, 5) is 4.16. The van der Waals surface area contributed by atoms with Gasteiger partial charge in [-0.1, -0.05) is 43.3 Å². The molecule has 3 rings (SSSR count). The second kappa shape index (κ2) is 6.76. The third-order valence-corrected chi connectivity index (χ3v) is 5.41. The van der Waals surface area contributed by atoms with Gasteiger partial charge in [-0.2, -0.15) is 4.98 Å². The van der Waals surface area contributed by atoms with E-state index in [0.29, 0.717) is 11.7 Å². The molecule has 0 saturated heterocycles. The van der Waals surface area contributed by atoms with Gasteiger partial charge in [0, 0.05) is 5.56 Å². The fraction of sp³-hybridized carbons (Fsp3) is 0.222. The van der Waals surface area contributed by atoms with Gasteiger partial charge < -0.3 is 4.52 Å². The first-order valence-corrected chi connectivity index (χ1v) is 9.41. The fourth-order valence-corrected chi connectivity index (χ4v) is 3.50. The molecule has 130 valence electrons. The molecular weight excluding hydrogens is 343 g/mol. The summed E-state index contributed by atoms with van der Waals surface area (Å²) in [6.45, 7) is 4.20. The normalized spacial score (nSPS) is 11.8. The van der Waals surface area contributed by atoms with E-state index in [9.17, 15) is 12.8 Å². The maximum absolute atomic E-state index is 12.9. The summed E-state index contributed by atoms with van der Waals surface area (Å²) in [6.07, 6.45) is 0. The van der Waals surface area contributed by atoms with E-state index in [1.54, 1.807) is 0 Å². The van der Waals surface area contributed by atoms with Crippen LogP contribution in [0.5, 0.6) is 0 Å². The van der Waals surface area contributed by atoms with Crippen molar-refractivity contribution >= 4 is 9.84 Å². The van der Waals surface area contributed by atoms with Crippen LogP contribution in [0.15, 0.2) is 57.9 Å². The van der Waals surface area contributed by atoms with Gasteiger partial charge in [-0.05, 0) is 35.7 Å². The number of aromatic nitrogens is 2. The van der Waals surface area contributed by atoms with E-state index in [0.717, 1.165) is 17.7 Å². The molecule has 0 spiro atoms. The quantitative estimate of drug-likeness (QED) is 0.644. The number of benzene rings is 2. The van der Waals surface area contributed by atoms with E-state index in [1.165, 1.54) is 17.7 Å². The predicted octanol–water partition coefficient (Wildman–Crippen LogP) is 3.97. The summed E-state index contributed by atoms with van der Waals surface area (Å²) >= 11 is 0. The fourth-order valence-electron chi connectivity index (χ4n) is 2.34. The van der Waals surface area contributed by atoms with Gasteiger partial charge in [0.2, 0.25) is 11.7 Å². The molecule has 3 aromatic rings. The molecule has 0 saturated carbocycles. The van der Waals surface area contributed by atoms with E-state index in [2.05, 4.69) is 24.0 Å². The first-order valence-electron chi connectivity index (χ1n) is 7.76. The lowest BCUT2D eigenvalue weighted by Crippen LogP contribution is -2.05. The SMILES string of the molecule is CC(C)c1ccc(-c2noc(CS(=O)(=O)c3ccc(F)cc3)n2)cc1. The molecule has 0 radical (unpaired) electrons. The van der Waals surface area contributed by atoms with Gasteiger partial charge in [0.05, 0.1) is 4.90 Å². The van der Waals surface area contributed by atoms with Gasteiger partial charge in [-0.15, -0.1) is 0 Å². The summed E-state index contributed by atoms with van der Waals surface area (Å²) in [6, 6.07) is 12.3. The molecule has 0 unspecified atom stereocenters. The monoisotopic (exact) mass is 360 g/mol. The van der Waals surface area contributed by atoms with Crippen LogP contribution < -0.4 is 0 Å². The second-order valence-corrected chi connectivity index (χ2v) is 7.99. The third-order valence-electron chi connectivity index (χ3n) is 3.79. The van der Waals surface area contributed by atoms with Gasteiger partial charge in [-0.3, -0.25) is 0 Å². The summed E-state index contributed by atoms with van der Waals surface area (Å²) in [5.74, 6) is -0.193. The zero-order valence-electron chi connectivity index (χ0n) is 13.8. The summed E-state index contributed by atoms with van der Waals surface area (Å²) in [5.41, 5.74) is 1.94. The van der Waals surface area contributed by atoms with Crippen molar-refractivity contribution in [3.63, 3.8) is 0 Å². The number of rotatable bonds is 5. The van der Waals surface area contributed by atoms with E-state index < -0.39 is 21.4 Å². The molecule has 2 aromatic carbocycles. The second-order valence-electron chi connectivity index (χ2n) is 6.00. The highest BCUT2D eigenvalue weighted by Gasteiger charge is 2.20. The lowest BCUT2D eigenvalue weighted by Gasteiger charge is -2.04. The van der Waals surface area contributed by atoms with Gasteiger partial charge in [0.25, 0.3) is 0 Å². The molecule has 0 amide bonds. The average Bonchev–Trinajstić information content (AvgIpc) is 3.03. The van der Waals surface area contributed by atoms with Crippen molar-refractivity contribution in [3.8, 4) is 11.4 Å². The van der Waals surface area contributed by atoms with Crippen molar-refractivity contribution < 1.29 is 17.3 Å². The minimum absolute atomic E-state index is 0.00717. The molecule has 1 heterocycles. The van der Waals surface area contributed by atoms with Crippen molar-refractivity contribution in [2.24, 2.45) is 0 Å². The Kier molecular flexibility index (Phi) is 4.67. The van der Waals surface area contributed by atoms with Gasteiger partial charge >= 0.3 is 0 Å². The van der Waals surface area contributed by atoms with Crippen molar-refractivity contribution in [1.82, 2.24) is 10.1 Å². The molecule has 0 aliphatic carbocycles. The zero-order chi connectivity index (χ0) is 18.0. The number of sulfone groups is 1. The van der Waals surface area contributed by atoms with Crippen LogP contribution in [0.3, 0.4) is 0 Å². The van der Waals surface area contributed by atoms with Crippen LogP contribution in [0.25, 0.3) is 11.4 Å². The number of halogens is 1. The van der Waals surface area contributed by atoms with Crippen LogP contribution in [0.1, 0.15) is 31.2 Å². The molecule has 0 fully saturated rings. The van der Waals surface area contributed by atoms with Crippen LogP contribution in [0.4, 0.5) is 4.39 Å². The minimum atomic E-state index is -3.68. The third kappa shape index (κ3) is 3.93. The highest BCUT2D eigenvalue weighted by molar-refractivity contribution is 7.90. The van der Waals surface area contributed by atoms with E-state index in [-0.39, 0.29) is 10.8 Å². The Bertz CT molecular complexity index is 962. The van der Waals surface area contributed by atoms with Crippen molar-refractivity contribution in [2.45, 2.75) is 30.4 Å². The summed E-state index contributed by atoms with van der Waals surface area (Å²) < 4.78 is 42.7. The smallest absolute Gasteiger partial charge is 0.242 e. The Labute approximate surface area is 145 Å². The Morgan fingerprint density at radius 1 is 1.04 bits per heavy atom. The lowest BCUT2D eigenvalue weighted by atomic mass is 10.0. The molecular formula is C18H17FN2O3S. The van der Waals surface area contributed by atoms with Crippen LogP contribution in [-0.4, -0.2) is 18.6 Å². The van der Waals surface area contributed by atoms with Gasteiger partial charge in [0.1, 0.15) is 11.6 Å². The number of nitrogens with zero attached hydrogens (tertiary/aromatic N) is 2. The maximum Gasteiger partial charge on any atom is 0.242 e. The number of hydrogen-bond donors (Lipinski definition) is 0. The van der Waals surface area contributed by atoms with Gasteiger partial charge in [-0.25, -0.2) is 12.8 Å². The predicted molar refractivity (Wildman–Crippen MR) is 91.1 cm³/mol. The molecule has 25 heavy (non-hydrogen) atoms. The molecule has 0 atom stereocenters. The molecule has 0 aliphatic rings. The topological polar surface area (TPSA) is 73.1 Å². The average molecular weight is 360 g/mol. The lowest BCUT2D eigenvalue weighted by molar-refractivity contribution is 0.389. The molecule has 0 N–H and O–H groups in total. The number of hydrogen-bond acceptors (Lipinski definition) is 5. The Morgan fingerprint density at radius 2 is 1.68 bits per heavy atom. The van der Waals surface area contributed by atoms with E-state index in [4.69, 9.17) is 4.52 Å². The van der Waals surface area contributed by atoms with Gasteiger partial charge in [0.15, 0.2) is 9.84 Å². The van der Waals surface area contributed by atoms with Crippen molar-refractivity contribution in [1.29, 1.82) is 0 Å². The van der Waals surface area contributed by atoms with E-state index in [1.807, 2.05) is 24.3 Å². The first-order chi connectivity index (χ1) is 11.8. The highest BCUT2D eigenvalue weighted by atomic mass is 32.2. The Morgan fingerprint density at radius 3 is 2.28 bits per heavy atom. The minimum Gasteiger partial charge on any atom is -0.338 e. The highest BCUT2D eigenvalue weighted by Crippen LogP contribution is 2.22. The Balaban J connectivity index is 1.80. The molecule has 5 nitrogen and oxygen atoms in total. The van der Waals surface area contributed by atoms with Crippen LogP contribution in [-0.2, 0) is 15.6 Å². The van der Waals surface area contributed by atoms with E-state index >= 15 is 0 Å². The largest absolute Gasteiger partial charge is 0.338 e. The Hall–Kier alpha value is -2.54. The summed E-state index contributed by atoms with van der Waals surface area (Å²) in [5, 5.41) is 3.84. The summed E-state index contributed by atoms with van der Waals surface area (Å²) in [7, 11) is -3.68. The maximum atomic E-state index is 12.9. The molecule has 0 bridgehead atoms. The van der Waals surface area contributed by atoms with Crippen molar-refractivity contribution in [2.75, 3.05) is 0 Å². The molecule has 7 heteroatoms. The standard InChI is InChI=1S/C18H17FN2O3S/c1-12(2)13-3-5-14(6-4-13)18-20-17(24-21-18)11-25(22,23)16-9-7-15(19)8-10-16/h3-10,12H,11H2,1-2H3. The van der Waals surface area contributed by atoms with Crippen LogP contribution >= 0.6 is 0 Å². The van der Waals surface area contributed by atoms with Crippen LogP contribution in [0.2, 0.25) is 0 Å². The van der Waals surface area contributed by atoms with Crippen LogP contribution in [0, 0.1) is 5.82 Å². The molecule has 0 aliphatic heterocycles.